The molecule has 0 spiro atoms. The van der Waals surface area contributed by atoms with Crippen molar-refractivity contribution in [3.05, 3.63) is 57.6 Å². The lowest BCUT2D eigenvalue weighted by Crippen LogP contribution is -2.14. The first-order valence-electron chi connectivity index (χ1n) is 6.54. The molecule has 0 bridgehead atoms. The zero-order valence-electron chi connectivity index (χ0n) is 11.8. The number of carbonyl (C=O) groups is 1. The molecule has 4 nitrogen and oxygen atoms in total. The standard InChI is InChI=1S/C16H12Cl2N2O2S/c17-12-5-13(18)16(22)14(6-12)20-15(21)9-23-8-11-3-1-10(7-19)2-4-11/h1-6,22H,8-9H2,(H,20,21). The van der Waals surface area contributed by atoms with Crippen LogP contribution in [0.15, 0.2) is 36.4 Å². The van der Waals surface area contributed by atoms with Crippen LogP contribution in [0.3, 0.4) is 0 Å². The van der Waals surface area contributed by atoms with Crippen molar-refractivity contribution in [2.45, 2.75) is 5.75 Å². The molecule has 23 heavy (non-hydrogen) atoms. The monoisotopic (exact) mass is 366 g/mol. The zero-order valence-corrected chi connectivity index (χ0v) is 14.2. The Bertz CT molecular complexity index is 758. The number of benzene rings is 2. The number of halogens is 2. The van der Waals surface area contributed by atoms with Crippen LogP contribution < -0.4 is 5.32 Å². The summed E-state index contributed by atoms with van der Waals surface area (Å²) >= 11 is 13.1. The SMILES string of the molecule is N#Cc1ccc(CSCC(=O)Nc2cc(Cl)cc(Cl)c2O)cc1. The van der Waals surface area contributed by atoms with Gasteiger partial charge in [-0.05, 0) is 29.8 Å². The quantitative estimate of drug-likeness (QED) is 0.767. The van der Waals surface area contributed by atoms with Gasteiger partial charge in [-0.25, -0.2) is 0 Å². The number of nitrogens with one attached hydrogen (secondary N) is 1. The van der Waals surface area contributed by atoms with Crippen LogP contribution in [0.5, 0.6) is 5.75 Å². The average molecular weight is 367 g/mol. The number of phenolic OH excluding ortho intramolecular Hbond substituents is 1. The Balaban J connectivity index is 1.87. The predicted octanol–water partition coefficient (Wildman–Crippen LogP) is 4.44. The molecule has 0 heterocycles. The molecule has 0 aromatic heterocycles. The Labute approximate surface area is 148 Å². The van der Waals surface area contributed by atoms with Crippen molar-refractivity contribution in [1.29, 1.82) is 5.26 Å². The fourth-order valence-electron chi connectivity index (χ4n) is 1.78. The number of anilines is 1. The van der Waals surface area contributed by atoms with Gasteiger partial charge in [-0.15, -0.1) is 11.8 Å². The number of phenols is 1. The highest BCUT2D eigenvalue weighted by molar-refractivity contribution is 7.99. The van der Waals surface area contributed by atoms with Crippen LogP contribution in [0.4, 0.5) is 5.69 Å². The van der Waals surface area contributed by atoms with E-state index in [1.165, 1.54) is 23.9 Å². The van der Waals surface area contributed by atoms with Crippen molar-refractivity contribution in [3.63, 3.8) is 0 Å². The van der Waals surface area contributed by atoms with Crippen LogP contribution in [0.25, 0.3) is 0 Å². The number of nitrogens with zero attached hydrogens (tertiary/aromatic N) is 1. The van der Waals surface area contributed by atoms with E-state index in [-0.39, 0.29) is 28.1 Å². The van der Waals surface area contributed by atoms with Gasteiger partial charge in [-0.1, -0.05) is 35.3 Å². The molecule has 7 heteroatoms. The second-order valence-corrected chi connectivity index (χ2v) is 6.46. The Kier molecular flexibility index (Phi) is 6.17. The van der Waals surface area contributed by atoms with Gasteiger partial charge >= 0.3 is 0 Å². The predicted molar refractivity (Wildman–Crippen MR) is 94.1 cm³/mol. The number of rotatable bonds is 5. The highest BCUT2D eigenvalue weighted by Crippen LogP contribution is 2.35. The van der Waals surface area contributed by atoms with E-state index in [4.69, 9.17) is 28.5 Å². The van der Waals surface area contributed by atoms with E-state index in [1.807, 2.05) is 12.1 Å². The van der Waals surface area contributed by atoms with Gasteiger partial charge in [0.1, 0.15) is 0 Å². The van der Waals surface area contributed by atoms with Crippen LogP contribution in [0, 0.1) is 11.3 Å². The van der Waals surface area contributed by atoms with Gasteiger partial charge < -0.3 is 10.4 Å². The highest BCUT2D eigenvalue weighted by Gasteiger charge is 2.11. The van der Waals surface area contributed by atoms with E-state index >= 15 is 0 Å². The summed E-state index contributed by atoms with van der Waals surface area (Å²) < 4.78 is 0. The van der Waals surface area contributed by atoms with Crippen LogP contribution in [-0.4, -0.2) is 16.8 Å². The van der Waals surface area contributed by atoms with Crippen molar-refractivity contribution in [2.24, 2.45) is 0 Å². The molecular formula is C16H12Cl2N2O2S. The second-order valence-electron chi connectivity index (χ2n) is 4.63. The lowest BCUT2D eigenvalue weighted by molar-refractivity contribution is -0.113. The van der Waals surface area contributed by atoms with E-state index in [2.05, 4.69) is 11.4 Å². The molecule has 118 valence electrons. The van der Waals surface area contributed by atoms with Gasteiger partial charge in [0.05, 0.1) is 28.1 Å². The summed E-state index contributed by atoms with van der Waals surface area (Å²) in [6, 6.07) is 12.1. The van der Waals surface area contributed by atoms with Crippen molar-refractivity contribution < 1.29 is 9.90 Å². The number of aromatic hydroxyl groups is 1. The topological polar surface area (TPSA) is 73.1 Å². The largest absolute Gasteiger partial charge is 0.504 e. The third-order valence-electron chi connectivity index (χ3n) is 2.89. The lowest BCUT2D eigenvalue weighted by atomic mass is 10.2. The van der Waals surface area contributed by atoms with Crippen molar-refractivity contribution >= 4 is 46.6 Å². The van der Waals surface area contributed by atoms with Crippen molar-refractivity contribution in [2.75, 3.05) is 11.1 Å². The number of amides is 1. The second kappa shape index (κ2) is 8.11. The van der Waals surface area contributed by atoms with Gasteiger partial charge in [-0.2, -0.15) is 5.26 Å². The minimum absolute atomic E-state index is 0.0815. The average Bonchev–Trinajstić information content (AvgIpc) is 2.53. The van der Waals surface area contributed by atoms with E-state index in [0.29, 0.717) is 16.3 Å². The third-order valence-corrected chi connectivity index (χ3v) is 4.40. The summed E-state index contributed by atoms with van der Waals surface area (Å²) in [6.07, 6.45) is 0. The number of thioether (sulfide) groups is 1. The molecule has 0 aliphatic heterocycles. The minimum atomic E-state index is -0.266. The first-order valence-corrected chi connectivity index (χ1v) is 8.45. The molecule has 1 amide bonds. The van der Waals surface area contributed by atoms with E-state index in [9.17, 15) is 9.90 Å². The van der Waals surface area contributed by atoms with Crippen molar-refractivity contribution in [3.8, 4) is 11.8 Å². The molecule has 0 unspecified atom stereocenters. The van der Waals surface area contributed by atoms with Crippen LogP contribution >= 0.6 is 35.0 Å². The number of hydrogen-bond donors (Lipinski definition) is 2. The number of nitriles is 1. The molecular weight excluding hydrogens is 355 g/mol. The van der Waals surface area contributed by atoms with Crippen LogP contribution in [0.2, 0.25) is 10.0 Å². The maximum atomic E-state index is 11.9. The molecule has 0 saturated heterocycles. The maximum absolute atomic E-state index is 11.9. The minimum Gasteiger partial charge on any atom is -0.504 e. The van der Waals surface area contributed by atoms with E-state index in [0.717, 1.165) is 5.56 Å². The first-order chi connectivity index (χ1) is 11.0. The maximum Gasteiger partial charge on any atom is 0.234 e. The van der Waals surface area contributed by atoms with Gasteiger partial charge in [0.15, 0.2) is 5.75 Å². The molecule has 2 rings (SSSR count). The third kappa shape index (κ3) is 5.07. The molecule has 0 saturated carbocycles. The Morgan fingerprint density at radius 2 is 1.96 bits per heavy atom. The molecule has 2 aromatic rings. The molecule has 0 aliphatic rings. The summed E-state index contributed by atoms with van der Waals surface area (Å²) in [6.45, 7) is 0. The van der Waals surface area contributed by atoms with Gasteiger partial charge in [0, 0.05) is 10.8 Å². The molecule has 0 fully saturated rings. The fourth-order valence-corrected chi connectivity index (χ4v) is 3.07. The Morgan fingerprint density at radius 3 is 2.61 bits per heavy atom. The molecule has 2 N–H and O–H groups in total. The highest BCUT2D eigenvalue weighted by atomic mass is 35.5. The molecule has 0 atom stereocenters. The smallest absolute Gasteiger partial charge is 0.234 e. The molecule has 0 radical (unpaired) electrons. The molecule has 0 aliphatic carbocycles. The van der Waals surface area contributed by atoms with Crippen molar-refractivity contribution in [1.82, 2.24) is 0 Å². The van der Waals surface area contributed by atoms with E-state index in [1.54, 1.807) is 12.1 Å². The lowest BCUT2D eigenvalue weighted by Gasteiger charge is -2.09. The van der Waals surface area contributed by atoms with Gasteiger partial charge in [0.2, 0.25) is 5.91 Å². The van der Waals surface area contributed by atoms with Gasteiger partial charge in [0.25, 0.3) is 0 Å². The van der Waals surface area contributed by atoms with Gasteiger partial charge in [-0.3, -0.25) is 4.79 Å². The van der Waals surface area contributed by atoms with Crippen LogP contribution in [0.1, 0.15) is 11.1 Å². The zero-order chi connectivity index (χ0) is 16.8. The normalized spacial score (nSPS) is 10.1. The summed E-state index contributed by atoms with van der Waals surface area (Å²) in [4.78, 5) is 11.9. The fraction of sp³-hybridized carbons (Fsp3) is 0.125. The number of hydrogen-bond acceptors (Lipinski definition) is 4. The number of carbonyl (C=O) groups excluding carboxylic acids is 1. The summed E-state index contributed by atoms with van der Waals surface area (Å²) in [5, 5.41) is 21.5. The van der Waals surface area contributed by atoms with E-state index < -0.39 is 0 Å². The van der Waals surface area contributed by atoms with Crippen LogP contribution in [-0.2, 0) is 10.5 Å². The molecule has 2 aromatic carbocycles. The Hall–Kier alpha value is -1.87. The Morgan fingerprint density at radius 1 is 1.26 bits per heavy atom. The summed E-state index contributed by atoms with van der Waals surface area (Å²) in [7, 11) is 0. The summed E-state index contributed by atoms with van der Waals surface area (Å²) in [5.74, 6) is 0.379. The summed E-state index contributed by atoms with van der Waals surface area (Å²) in [5.41, 5.74) is 1.81. The first kappa shape index (κ1) is 17.5.